The standard InChI is InChI=1S/C15H24N2O/c1-5-8-17(9-6-2)12-14-10-13(4)15(18-14)11-16-7-3/h5-6,10,16H,1-2,7-9,11-12H2,3-4H3. The van der Waals surface area contributed by atoms with Crippen molar-refractivity contribution >= 4 is 0 Å². The molecule has 3 nitrogen and oxygen atoms in total. The van der Waals surface area contributed by atoms with Gasteiger partial charge in [0, 0.05) is 13.1 Å². The molecule has 100 valence electrons. The predicted molar refractivity (Wildman–Crippen MR) is 76.5 cm³/mol. The van der Waals surface area contributed by atoms with Gasteiger partial charge in [0.2, 0.25) is 0 Å². The van der Waals surface area contributed by atoms with Crippen molar-refractivity contribution < 1.29 is 4.42 Å². The molecule has 1 aromatic heterocycles. The van der Waals surface area contributed by atoms with Gasteiger partial charge in [-0.05, 0) is 25.1 Å². The van der Waals surface area contributed by atoms with E-state index in [-0.39, 0.29) is 0 Å². The highest BCUT2D eigenvalue weighted by Crippen LogP contribution is 2.16. The van der Waals surface area contributed by atoms with E-state index in [2.05, 4.69) is 43.3 Å². The summed E-state index contributed by atoms with van der Waals surface area (Å²) >= 11 is 0. The zero-order chi connectivity index (χ0) is 13.4. The van der Waals surface area contributed by atoms with Gasteiger partial charge in [-0.1, -0.05) is 19.1 Å². The zero-order valence-corrected chi connectivity index (χ0v) is 11.5. The fourth-order valence-corrected chi connectivity index (χ4v) is 1.87. The van der Waals surface area contributed by atoms with Crippen molar-refractivity contribution in [2.45, 2.75) is 26.9 Å². The van der Waals surface area contributed by atoms with Crippen LogP contribution in [0.1, 0.15) is 24.0 Å². The molecule has 0 bridgehead atoms. The van der Waals surface area contributed by atoms with Crippen molar-refractivity contribution in [3.05, 3.63) is 48.5 Å². The molecule has 3 heteroatoms. The smallest absolute Gasteiger partial charge is 0.120 e. The van der Waals surface area contributed by atoms with Crippen LogP contribution in [0.4, 0.5) is 0 Å². The molecule has 1 aromatic rings. The Morgan fingerprint density at radius 2 is 2.00 bits per heavy atom. The van der Waals surface area contributed by atoms with Crippen LogP contribution in [0, 0.1) is 6.92 Å². The highest BCUT2D eigenvalue weighted by molar-refractivity contribution is 5.20. The molecule has 0 aliphatic carbocycles. The second-order valence-corrected chi connectivity index (χ2v) is 4.37. The third-order valence-corrected chi connectivity index (χ3v) is 2.76. The van der Waals surface area contributed by atoms with Crippen molar-refractivity contribution in [1.82, 2.24) is 10.2 Å². The summed E-state index contributed by atoms with van der Waals surface area (Å²) in [5.41, 5.74) is 1.21. The normalized spacial score (nSPS) is 10.8. The van der Waals surface area contributed by atoms with Gasteiger partial charge in [-0.3, -0.25) is 4.90 Å². The Labute approximate surface area is 110 Å². The summed E-state index contributed by atoms with van der Waals surface area (Å²) in [6.07, 6.45) is 3.80. The van der Waals surface area contributed by atoms with E-state index in [1.807, 2.05) is 12.2 Å². The van der Waals surface area contributed by atoms with Gasteiger partial charge in [0.15, 0.2) is 0 Å². The molecule has 0 aliphatic heterocycles. The van der Waals surface area contributed by atoms with Crippen molar-refractivity contribution in [2.24, 2.45) is 0 Å². The fraction of sp³-hybridized carbons (Fsp3) is 0.467. The molecular formula is C15H24N2O. The predicted octanol–water partition coefficient (Wildman–Crippen LogP) is 2.87. The Morgan fingerprint density at radius 1 is 1.33 bits per heavy atom. The fourth-order valence-electron chi connectivity index (χ4n) is 1.87. The lowest BCUT2D eigenvalue weighted by atomic mass is 10.2. The average molecular weight is 248 g/mol. The van der Waals surface area contributed by atoms with Gasteiger partial charge >= 0.3 is 0 Å². The molecule has 0 aromatic carbocycles. The maximum Gasteiger partial charge on any atom is 0.120 e. The van der Waals surface area contributed by atoms with Gasteiger partial charge in [0.05, 0.1) is 13.1 Å². The minimum Gasteiger partial charge on any atom is -0.463 e. The molecule has 0 spiro atoms. The molecule has 18 heavy (non-hydrogen) atoms. The Balaban J connectivity index is 2.64. The molecule has 1 heterocycles. The van der Waals surface area contributed by atoms with Crippen molar-refractivity contribution in [2.75, 3.05) is 19.6 Å². The van der Waals surface area contributed by atoms with Gasteiger partial charge in [-0.15, -0.1) is 13.2 Å². The van der Waals surface area contributed by atoms with Crippen molar-refractivity contribution in [3.63, 3.8) is 0 Å². The molecule has 0 unspecified atom stereocenters. The molecular weight excluding hydrogens is 224 g/mol. The molecule has 0 atom stereocenters. The SMILES string of the molecule is C=CCN(CC=C)Cc1cc(C)c(CNCC)o1. The van der Waals surface area contributed by atoms with Crippen LogP contribution in [-0.4, -0.2) is 24.5 Å². The molecule has 0 aliphatic rings. The molecule has 1 rings (SSSR count). The molecule has 0 fully saturated rings. The topological polar surface area (TPSA) is 28.4 Å². The van der Waals surface area contributed by atoms with E-state index >= 15 is 0 Å². The Morgan fingerprint density at radius 3 is 2.56 bits per heavy atom. The van der Waals surface area contributed by atoms with Crippen LogP contribution in [0.5, 0.6) is 0 Å². The first-order chi connectivity index (χ1) is 8.71. The van der Waals surface area contributed by atoms with E-state index in [4.69, 9.17) is 4.42 Å². The molecule has 0 amide bonds. The van der Waals surface area contributed by atoms with Gasteiger partial charge in [0.1, 0.15) is 11.5 Å². The summed E-state index contributed by atoms with van der Waals surface area (Å²) in [7, 11) is 0. The second kappa shape index (κ2) is 7.90. The van der Waals surface area contributed by atoms with Crippen LogP contribution in [0.25, 0.3) is 0 Å². The van der Waals surface area contributed by atoms with Gasteiger partial charge in [-0.25, -0.2) is 0 Å². The maximum atomic E-state index is 5.87. The Bertz CT molecular complexity index is 372. The highest BCUT2D eigenvalue weighted by atomic mass is 16.3. The third kappa shape index (κ3) is 4.51. The number of nitrogens with zero attached hydrogens (tertiary/aromatic N) is 1. The van der Waals surface area contributed by atoms with Crippen LogP contribution in [-0.2, 0) is 13.1 Å². The summed E-state index contributed by atoms with van der Waals surface area (Å²) in [4.78, 5) is 2.23. The summed E-state index contributed by atoms with van der Waals surface area (Å²) in [5, 5.41) is 3.28. The number of furan rings is 1. The van der Waals surface area contributed by atoms with Crippen LogP contribution < -0.4 is 5.32 Å². The Hall–Kier alpha value is -1.32. The quantitative estimate of drug-likeness (QED) is 0.681. The number of nitrogens with one attached hydrogen (secondary N) is 1. The lowest BCUT2D eigenvalue weighted by Gasteiger charge is -2.16. The lowest BCUT2D eigenvalue weighted by molar-refractivity contribution is 0.289. The minimum absolute atomic E-state index is 0.797. The van der Waals surface area contributed by atoms with Crippen LogP contribution in [0.3, 0.4) is 0 Å². The lowest BCUT2D eigenvalue weighted by Crippen LogP contribution is -2.22. The number of hydrogen-bond acceptors (Lipinski definition) is 3. The monoisotopic (exact) mass is 248 g/mol. The maximum absolute atomic E-state index is 5.87. The first-order valence-corrected chi connectivity index (χ1v) is 6.44. The number of rotatable bonds is 9. The molecule has 0 radical (unpaired) electrons. The van der Waals surface area contributed by atoms with Crippen LogP contribution in [0.2, 0.25) is 0 Å². The molecule has 0 saturated heterocycles. The largest absolute Gasteiger partial charge is 0.463 e. The van der Waals surface area contributed by atoms with Crippen molar-refractivity contribution in [3.8, 4) is 0 Å². The Kier molecular flexibility index (Phi) is 6.47. The molecule has 0 saturated carbocycles. The van der Waals surface area contributed by atoms with E-state index in [1.54, 1.807) is 0 Å². The van der Waals surface area contributed by atoms with Gasteiger partial charge in [-0.2, -0.15) is 0 Å². The van der Waals surface area contributed by atoms with E-state index < -0.39 is 0 Å². The van der Waals surface area contributed by atoms with E-state index in [0.29, 0.717) is 0 Å². The van der Waals surface area contributed by atoms with Gasteiger partial charge < -0.3 is 9.73 Å². The molecule has 1 N–H and O–H groups in total. The highest BCUT2D eigenvalue weighted by Gasteiger charge is 2.10. The van der Waals surface area contributed by atoms with Crippen LogP contribution in [0.15, 0.2) is 35.8 Å². The second-order valence-electron chi connectivity index (χ2n) is 4.37. The summed E-state index contributed by atoms with van der Waals surface area (Å²) in [6, 6.07) is 2.12. The number of hydrogen-bond donors (Lipinski definition) is 1. The number of aryl methyl sites for hydroxylation is 1. The first kappa shape index (κ1) is 14.7. The van der Waals surface area contributed by atoms with E-state index in [0.717, 1.165) is 44.2 Å². The summed E-state index contributed by atoms with van der Waals surface area (Å²) in [6.45, 7) is 16.0. The van der Waals surface area contributed by atoms with Crippen LogP contribution >= 0.6 is 0 Å². The van der Waals surface area contributed by atoms with Crippen molar-refractivity contribution in [1.29, 1.82) is 0 Å². The minimum atomic E-state index is 0.797. The van der Waals surface area contributed by atoms with E-state index in [9.17, 15) is 0 Å². The summed E-state index contributed by atoms with van der Waals surface area (Å²) < 4.78 is 5.87. The summed E-state index contributed by atoms with van der Waals surface area (Å²) in [5.74, 6) is 2.04. The zero-order valence-electron chi connectivity index (χ0n) is 11.5. The first-order valence-electron chi connectivity index (χ1n) is 6.44. The average Bonchev–Trinajstić information content (AvgIpc) is 2.67. The third-order valence-electron chi connectivity index (χ3n) is 2.76. The van der Waals surface area contributed by atoms with Gasteiger partial charge in [0.25, 0.3) is 0 Å². The van der Waals surface area contributed by atoms with E-state index in [1.165, 1.54) is 5.56 Å².